The number of hydrogen-bond acceptors (Lipinski definition) is 4. The Hall–Kier alpha value is -2.27. The Morgan fingerprint density at radius 2 is 1.81 bits per heavy atom. The number of carbonyl (C=O) groups excluding carboxylic acids is 1. The summed E-state index contributed by atoms with van der Waals surface area (Å²) in [5, 5.41) is 3.36. The topological polar surface area (TPSA) is 58.1 Å². The Balaban J connectivity index is 1.72. The van der Waals surface area contributed by atoms with Gasteiger partial charge in [0.05, 0.1) is 6.04 Å². The van der Waals surface area contributed by atoms with Crippen molar-refractivity contribution in [2.24, 2.45) is 0 Å². The fourth-order valence-electron chi connectivity index (χ4n) is 5.06. The molecule has 26 heavy (non-hydrogen) atoms. The maximum atomic E-state index is 13.2. The van der Waals surface area contributed by atoms with Crippen molar-refractivity contribution in [3.8, 4) is 0 Å². The van der Waals surface area contributed by atoms with Gasteiger partial charge in [0.25, 0.3) is 5.91 Å². The number of rotatable bonds is 4. The molecule has 1 aromatic carbocycles. The molecule has 1 aromatic heterocycles. The number of aryl methyl sites for hydroxylation is 2. The smallest absolute Gasteiger partial charge is 0.252 e. The van der Waals surface area contributed by atoms with Gasteiger partial charge in [-0.15, -0.1) is 0 Å². The summed E-state index contributed by atoms with van der Waals surface area (Å²) in [5.41, 5.74) is 3.74. The van der Waals surface area contributed by atoms with Crippen LogP contribution in [0, 0.1) is 13.8 Å². The van der Waals surface area contributed by atoms with Gasteiger partial charge in [0, 0.05) is 35.1 Å². The number of likely N-dealkylation sites (N-methyl/N-ethyl adjacent to an activating group) is 1. The highest BCUT2D eigenvalue weighted by Gasteiger charge is 2.55. The van der Waals surface area contributed by atoms with Crippen LogP contribution in [-0.2, 0) is 0 Å². The Morgan fingerprint density at radius 1 is 1.19 bits per heavy atom. The van der Waals surface area contributed by atoms with Crippen molar-refractivity contribution in [2.45, 2.75) is 57.2 Å². The molecule has 2 fully saturated rings. The SMILES string of the molecule is Cc1cccc(C)c1C(=O)NC(c1cncnc1)C12CCC(CC1)N2C. The van der Waals surface area contributed by atoms with Crippen LogP contribution >= 0.6 is 0 Å². The van der Waals surface area contributed by atoms with Crippen molar-refractivity contribution in [2.75, 3.05) is 7.05 Å². The van der Waals surface area contributed by atoms with Gasteiger partial charge in [-0.2, -0.15) is 0 Å². The molecule has 5 nitrogen and oxygen atoms in total. The van der Waals surface area contributed by atoms with Crippen LogP contribution < -0.4 is 5.32 Å². The van der Waals surface area contributed by atoms with Gasteiger partial charge in [-0.3, -0.25) is 9.69 Å². The molecule has 2 aromatic rings. The van der Waals surface area contributed by atoms with Crippen molar-refractivity contribution in [1.29, 1.82) is 0 Å². The number of aromatic nitrogens is 2. The maximum absolute atomic E-state index is 13.2. The number of nitrogens with one attached hydrogen (secondary N) is 1. The number of hydrogen-bond donors (Lipinski definition) is 1. The standard InChI is InChI=1S/C21H26N4O/c1-14-5-4-6-15(2)18(14)20(26)24-19(16-11-22-13-23-12-16)21-9-7-17(8-10-21)25(21)3/h4-6,11-13,17,19H,7-10H2,1-3H3,(H,24,26). The van der Waals surface area contributed by atoms with Gasteiger partial charge in [-0.1, -0.05) is 18.2 Å². The predicted octanol–water partition coefficient (Wildman–Crippen LogP) is 3.19. The molecule has 1 unspecified atom stereocenters. The van der Waals surface area contributed by atoms with Gasteiger partial charge in [-0.05, 0) is 57.7 Å². The first-order chi connectivity index (χ1) is 12.5. The number of nitrogens with zero attached hydrogens (tertiary/aromatic N) is 3. The fourth-order valence-corrected chi connectivity index (χ4v) is 5.06. The molecule has 3 heterocycles. The molecule has 0 aliphatic carbocycles. The summed E-state index contributed by atoms with van der Waals surface area (Å²) < 4.78 is 0. The molecular weight excluding hydrogens is 324 g/mol. The summed E-state index contributed by atoms with van der Waals surface area (Å²) in [7, 11) is 2.20. The van der Waals surface area contributed by atoms with Gasteiger partial charge < -0.3 is 5.32 Å². The van der Waals surface area contributed by atoms with Gasteiger partial charge in [0.2, 0.25) is 0 Å². The molecule has 0 spiro atoms. The minimum atomic E-state index is -0.104. The van der Waals surface area contributed by atoms with Gasteiger partial charge in [0.15, 0.2) is 0 Å². The molecule has 4 rings (SSSR count). The van der Waals surface area contributed by atoms with Crippen LogP contribution in [0.3, 0.4) is 0 Å². The van der Waals surface area contributed by atoms with E-state index in [2.05, 4.69) is 27.2 Å². The average Bonchev–Trinajstić information content (AvgIpc) is 3.13. The zero-order chi connectivity index (χ0) is 18.3. The molecule has 1 N–H and O–H groups in total. The first-order valence-corrected chi connectivity index (χ1v) is 9.38. The Bertz CT molecular complexity index is 792. The third kappa shape index (κ3) is 2.62. The molecule has 0 saturated carbocycles. The van der Waals surface area contributed by atoms with E-state index >= 15 is 0 Å². The summed E-state index contributed by atoms with van der Waals surface area (Å²) in [5.74, 6) is -0.00687. The zero-order valence-electron chi connectivity index (χ0n) is 15.7. The minimum Gasteiger partial charge on any atom is -0.343 e. The predicted molar refractivity (Wildman–Crippen MR) is 101 cm³/mol. The van der Waals surface area contributed by atoms with E-state index in [0.29, 0.717) is 6.04 Å². The second-order valence-electron chi connectivity index (χ2n) is 7.79. The van der Waals surface area contributed by atoms with E-state index in [0.717, 1.165) is 35.1 Å². The van der Waals surface area contributed by atoms with Crippen molar-refractivity contribution >= 4 is 5.91 Å². The van der Waals surface area contributed by atoms with Crippen LogP contribution in [0.4, 0.5) is 0 Å². The fraction of sp³-hybridized carbons (Fsp3) is 0.476. The summed E-state index contributed by atoms with van der Waals surface area (Å²) in [6.45, 7) is 3.99. The third-order valence-electron chi connectivity index (χ3n) is 6.51. The Morgan fingerprint density at radius 3 is 2.35 bits per heavy atom. The second kappa shape index (κ2) is 6.47. The van der Waals surface area contributed by atoms with Gasteiger partial charge >= 0.3 is 0 Å². The van der Waals surface area contributed by atoms with Gasteiger partial charge in [0.1, 0.15) is 6.33 Å². The third-order valence-corrected chi connectivity index (χ3v) is 6.51. The van der Waals surface area contributed by atoms with Crippen molar-refractivity contribution in [1.82, 2.24) is 20.2 Å². The van der Waals surface area contributed by atoms with E-state index < -0.39 is 0 Å². The minimum absolute atomic E-state index is 0.00687. The summed E-state index contributed by atoms with van der Waals surface area (Å²) in [4.78, 5) is 24.1. The van der Waals surface area contributed by atoms with Crippen LogP contribution in [0.25, 0.3) is 0 Å². The average molecular weight is 350 g/mol. The van der Waals surface area contributed by atoms with Crippen molar-refractivity contribution in [3.63, 3.8) is 0 Å². The van der Waals surface area contributed by atoms with E-state index in [1.54, 1.807) is 6.33 Å². The summed E-state index contributed by atoms with van der Waals surface area (Å²) >= 11 is 0. The molecule has 136 valence electrons. The second-order valence-corrected chi connectivity index (χ2v) is 7.79. The lowest BCUT2D eigenvalue weighted by atomic mass is 9.79. The van der Waals surface area contributed by atoms with E-state index in [1.165, 1.54) is 12.8 Å². The highest BCUT2D eigenvalue weighted by atomic mass is 16.1. The Labute approximate surface area is 154 Å². The van der Waals surface area contributed by atoms with E-state index in [-0.39, 0.29) is 17.5 Å². The van der Waals surface area contributed by atoms with Crippen LogP contribution in [0.2, 0.25) is 0 Å². The zero-order valence-corrected chi connectivity index (χ0v) is 15.7. The molecule has 2 aliphatic rings. The molecule has 1 amide bonds. The van der Waals surface area contributed by atoms with Crippen LogP contribution in [-0.4, -0.2) is 39.4 Å². The highest BCUT2D eigenvalue weighted by Crippen LogP contribution is 2.51. The van der Waals surface area contributed by atoms with E-state index in [1.807, 2.05) is 44.4 Å². The van der Waals surface area contributed by atoms with Crippen LogP contribution in [0.15, 0.2) is 36.9 Å². The molecule has 2 bridgehead atoms. The van der Waals surface area contributed by atoms with Crippen LogP contribution in [0.1, 0.15) is 58.8 Å². The summed E-state index contributed by atoms with van der Waals surface area (Å²) in [6.07, 6.45) is 9.82. The molecule has 1 atom stereocenters. The summed E-state index contributed by atoms with van der Waals surface area (Å²) in [6, 6.07) is 6.50. The maximum Gasteiger partial charge on any atom is 0.252 e. The van der Waals surface area contributed by atoms with Gasteiger partial charge in [-0.25, -0.2) is 9.97 Å². The largest absolute Gasteiger partial charge is 0.343 e. The monoisotopic (exact) mass is 350 g/mol. The molecule has 2 saturated heterocycles. The highest BCUT2D eigenvalue weighted by molar-refractivity contribution is 5.97. The number of benzene rings is 1. The molecule has 5 heteroatoms. The molecule has 0 radical (unpaired) electrons. The number of fused-ring (bicyclic) bond motifs is 2. The lowest BCUT2D eigenvalue weighted by Gasteiger charge is -2.40. The number of carbonyl (C=O) groups is 1. The first-order valence-electron chi connectivity index (χ1n) is 9.38. The normalized spacial score (nSPS) is 26.0. The van der Waals surface area contributed by atoms with E-state index in [4.69, 9.17) is 0 Å². The number of amides is 1. The lowest BCUT2D eigenvalue weighted by Crippen LogP contribution is -2.51. The lowest BCUT2D eigenvalue weighted by molar-refractivity contribution is 0.0836. The first kappa shape index (κ1) is 17.2. The molecule has 2 aliphatic heterocycles. The quantitative estimate of drug-likeness (QED) is 0.920. The van der Waals surface area contributed by atoms with Crippen molar-refractivity contribution in [3.05, 3.63) is 59.2 Å². The van der Waals surface area contributed by atoms with Crippen molar-refractivity contribution < 1.29 is 4.79 Å². The molecular formula is C21H26N4O. The van der Waals surface area contributed by atoms with E-state index in [9.17, 15) is 4.79 Å². The Kier molecular flexibility index (Phi) is 4.27. The van der Waals surface area contributed by atoms with Crippen LogP contribution in [0.5, 0.6) is 0 Å².